The molecular formula is C26H28ClNO5. The van der Waals surface area contributed by atoms with Crippen LogP contribution >= 0.6 is 11.6 Å². The van der Waals surface area contributed by atoms with E-state index < -0.39 is 12.1 Å². The summed E-state index contributed by atoms with van der Waals surface area (Å²) in [5, 5.41) is 1.57. The van der Waals surface area contributed by atoms with Gasteiger partial charge in [0.25, 0.3) is 0 Å². The lowest BCUT2D eigenvalue weighted by molar-refractivity contribution is -0.148. The van der Waals surface area contributed by atoms with Crippen LogP contribution < -0.4 is 4.74 Å². The van der Waals surface area contributed by atoms with Gasteiger partial charge in [-0.3, -0.25) is 0 Å². The third kappa shape index (κ3) is 5.22. The lowest BCUT2D eigenvalue weighted by atomic mass is 10.1. The van der Waals surface area contributed by atoms with Crippen LogP contribution in [0.1, 0.15) is 40.5 Å². The van der Waals surface area contributed by atoms with Crippen LogP contribution in [0.4, 0.5) is 0 Å². The van der Waals surface area contributed by atoms with Crippen LogP contribution in [0.2, 0.25) is 5.02 Å². The smallest absolute Gasteiger partial charge is 0.347 e. The van der Waals surface area contributed by atoms with E-state index in [0.717, 1.165) is 27.7 Å². The molecule has 0 fully saturated rings. The zero-order chi connectivity index (χ0) is 24.1. The lowest BCUT2D eigenvalue weighted by Crippen LogP contribution is -2.27. The zero-order valence-corrected chi connectivity index (χ0v) is 20.1. The van der Waals surface area contributed by atoms with Crippen molar-refractivity contribution in [3.63, 3.8) is 0 Å². The number of hydrogen-bond acceptors (Lipinski definition) is 5. The molecule has 3 aromatic rings. The molecule has 1 heterocycles. The lowest BCUT2D eigenvalue weighted by Gasteiger charge is -2.17. The van der Waals surface area contributed by atoms with Gasteiger partial charge < -0.3 is 18.8 Å². The maximum atomic E-state index is 12.3. The van der Waals surface area contributed by atoms with Gasteiger partial charge in [0.2, 0.25) is 0 Å². The SMILES string of the molecule is C=CCOC(=O)c1ccc2c(c1)c(C)c(C)n2Cc1cc(O[C@@H](CC)C(=O)OC)ccc1Cl. The average molecular weight is 470 g/mol. The topological polar surface area (TPSA) is 66.8 Å². The largest absolute Gasteiger partial charge is 0.479 e. The molecule has 33 heavy (non-hydrogen) atoms. The maximum absolute atomic E-state index is 12.3. The Kier molecular flexibility index (Phi) is 7.82. The second-order valence-electron chi connectivity index (χ2n) is 7.71. The van der Waals surface area contributed by atoms with Crippen molar-refractivity contribution in [3.05, 3.63) is 76.5 Å². The van der Waals surface area contributed by atoms with Gasteiger partial charge in [0.1, 0.15) is 12.4 Å². The second-order valence-corrected chi connectivity index (χ2v) is 8.11. The fourth-order valence-corrected chi connectivity index (χ4v) is 3.89. The van der Waals surface area contributed by atoms with Gasteiger partial charge in [0, 0.05) is 28.2 Å². The number of carbonyl (C=O) groups excluding carboxylic acids is 2. The van der Waals surface area contributed by atoms with E-state index in [1.807, 2.05) is 39.0 Å². The summed E-state index contributed by atoms with van der Waals surface area (Å²) >= 11 is 6.50. The van der Waals surface area contributed by atoms with E-state index in [1.54, 1.807) is 18.2 Å². The van der Waals surface area contributed by atoms with Gasteiger partial charge in [0.15, 0.2) is 6.10 Å². The Morgan fingerprint density at radius 3 is 2.61 bits per heavy atom. The molecule has 3 rings (SSSR count). The summed E-state index contributed by atoms with van der Waals surface area (Å²) < 4.78 is 18.0. The molecule has 0 aliphatic rings. The van der Waals surface area contributed by atoms with Gasteiger partial charge in [-0.2, -0.15) is 0 Å². The first kappa shape index (κ1) is 24.4. The van der Waals surface area contributed by atoms with E-state index in [9.17, 15) is 9.59 Å². The Bertz CT molecular complexity index is 1200. The highest BCUT2D eigenvalue weighted by molar-refractivity contribution is 6.31. The minimum atomic E-state index is -0.681. The highest BCUT2D eigenvalue weighted by atomic mass is 35.5. The van der Waals surface area contributed by atoms with Crippen molar-refractivity contribution >= 4 is 34.4 Å². The number of aryl methyl sites for hydroxylation is 1. The Hall–Kier alpha value is -3.25. The molecule has 0 unspecified atom stereocenters. The van der Waals surface area contributed by atoms with Crippen molar-refractivity contribution in [2.45, 2.75) is 39.8 Å². The predicted molar refractivity (Wildman–Crippen MR) is 129 cm³/mol. The quantitative estimate of drug-likeness (QED) is 0.300. The van der Waals surface area contributed by atoms with Gasteiger partial charge in [-0.25, -0.2) is 9.59 Å². The second kappa shape index (κ2) is 10.6. The number of esters is 2. The Morgan fingerprint density at radius 1 is 1.18 bits per heavy atom. The minimum Gasteiger partial charge on any atom is -0.479 e. The number of rotatable bonds is 9. The molecule has 0 N–H and O–H groups in total. The molecule has 0 saturated heterocycles. The molecule has 1 atom stereocenters. The molecule has 0 aliphatic heterocycles. The Morgan fingerprint density at radius 2 is 1.94 bits per heavy atom. The first-order valence-corrected chi connectivity index (χ1v) is 11.1. The van der Waals surface area contributed by atoms with E-state index >= 15 is 0 Å². The third-order valence-corrected chi connectivity index (χ3v) is 6.03. The van der Waals surface area contributed by atoms with E-state index in [2.05, 4.69) is 11.1 Å². The Labute approximate surface area is 198 Å². The van der Waals surface area contributed by atoms with Crippen LogP contribution in [-0.4, -0.2) is 36.3 Å². The summed E-state index contributed by atoms with van der Waals surface area (Å²) in [5.74, 6) is -0.255. The van der Waals surface area contributed by atoms with Gasteiger partial charge >= 0.3 is 11.9 Å². The maximum Gasteiger partial charge on any atom is 0.347 e. The molecule has 0 aliphatic carbocycles. The van der Waals surface area contributed by atoms with Crippen LogP contribution in [0.25, 0.3) is 10.9 Å². The van der Waals surface area contributed by atoms with Gasteiger partial charge in [0.05, 0.1) is 12.7 Å². The normalized spacial score (nSPS) is 11.8. The van der Waals surface area contributed by atoms with Crippen molar-refractivity contribution < 1.29 is 23.8 Å². The number of carbonyl (C=O) groups is 2. The average Bonchev–Trinajstić information content (AvgIpc) is 3.06. The number of benzene rings is 2. The molecule has 0 saturated carbocycles. The molecule has 2 aromatic carbocycles. The summed E-state index contributed by atoms with van der Waals surface area (Å²) in [7, 11) is 1.34. The van der Waals surface area contributed by atoms with Crippen molar-refractivity contribution in [2.24, 2.45) is 0 Å². The molecule has 0 spiro atoms. The first-order chi connectivity index (χ1) is 15.8. The number of halogens is 1. The van der Waals surface area contributed by atoms with Crippen LogP contribution in [0.15, 0.2) is 49.1 Å². The molecule has 0 radical (unpaired) electrons. The molecule has 0 amide bonds. The van der Waals surface area contributed by atoms with Crippen LogP contribution in [0.5, 0.6) is 5.75 Å². The van der Waals surface area contributed by atoms with Crippen LogP contribution in [0.3, 0.4) is 0 Å². The van der Waals surface area contributed by atoms with Crippen molar-refractivity contribution in [1.82, 2.24) is 4.57 Å². The molecular weight excluding hydrogens is 442 g/mol. The summed E-state index contributed by atoms with van der Waals surface area (Å²) in [6.45, 7) is 10.2. The van der Waals surface area contributed by atoms with Crippen molar-refractivity contribution in [3.8, 4) is 5.75 Å². The number of ether oxygens (including phenoxy) is 3. The van der Waals surface area contributed by atoms with Crippen molar-refractivity contribution in [1.29, 1.82) is 0 Å². The summed E-state index contributed by atoms with van der Waals surface area (Å²) in [6.07, 6.45) is 1.35. The summed E-state index contributed by atoms with van der Waals surface area (Å²) in [5.41, 5.74) is 4.46. The number of nitrogens with zero attached hydrogens (tertiary/aromatic N) is 1. The van der Waals surface area contributed by atoms with E-state index in [1.165, 1.54) is 13.2 Å². The molecule has 6 nitrogen and oxygen atoms in total. The fourth-order valence-electron chi connectivity index (χ4n) is 3.71. The van der Waals surface area contributed by atoms with Crippen LogP contribution in [-0.2, 0) is 20.8 Å². The van der Waals surface area contributed by atoms with Crippen molar-refractivity contribution in [2.75, 3.05) is 13.7 Å². The highest BCUT2D eigenvalue weighted by Crippen LogP contribution is 2.30. The predicted octanol–water partition coefficient (Wildman–Crippen LogP) is 5.63. The standard InChI is InChI=1S/C26H28ClNO5/c1-6-12-32-25(29)18-8-11-23-21(14-18)16(3)17(4)28(23)15-19-13-20(9-10-22(19)27)33-24(7-2)26(30)31-5/h6,8-11,13-14,24H,1,7,12,15H2,2-5H3/t24-/m0/s1. The summed E-state index contributed by atoms with van der Waals surface area (Å²) in [4.78, 5) is 24.2. The van der Waals surface area contributed by atoms with Gasteiger partial charge in [-0.15, -0.1) is 0 Å². The van der Waals surface area contributed by atoms with Gasteiger partial charge in [-0.05, 0) is 67.8 Å². The number of hydrogen-bond donors (Lipinski definition) is 0. The number of methoxy groups -OCH3 is 1. The molecule has 174 valence electrons. The number of fused-ring (bicyclic) bond motifs is 1. The molecule has 1 aromatic heterocycles. The van der Waals surface area contributed by atoms with E-state index in [4.69, 9.17) is 25.8 Å². The molecule has 0 bridgehead atoms. The van der Waals surface area contributed by atoms with Crippen LogP contribution in [0, 0.1) is 13.8 Å². The third-order valence-electron chi connectivity index (χ3n) is 5.67. The minimum absolute atomic E-state index is 0.168. The first-order valence-electron chi connectivity index (χ1n) is 10.7. The Balaban J connectivity index is 1.94. The van der Waals surface area contributed by atoms with E-state index in [0.29, 0.717) is 29.3 Å². The monoisotopic (exact) mass is 469 g/mol. The van der Waals surface area contributed by atoms with Gasteiger partial charge in [-0.1, -0.05) is 31.2 Å². The fraction of sp³-hybridized carbons (Fsp3) is 0.308. The zero-order valence-electron chi connectivity index (χ0n) is 19.3. The summed E-state index contributed by atoms with van der Waals surface area (Å²) in [6, 6.07) is 10.9. The number of aromatic nitrogens is 1. The van der Waals surface area contributed by atoms with E-state index in [-0.39, 0.29) is 12.6 Å². The highest BCUT2D eigenvalue weighted by Gasteiger charge is 2.20. The molecule has 7 heteroatoms.